The molecule has 0 bridgehead atoms. The first-order valence-corrected chi connectivity index (χ1v) is 14.4. The summed E-state index contributed by atoms with van der Waals surface area (Å²) in [6.07, 6.45) is 4.90. The van der Waals surface area contributed by atoms with E-state index in [9.17, 15) is 9.00 Å². The predicted octanol–water partition coefficient (Wildman–Crippen LogP) is 4.55. The summed E-state index contributed by atoms with van der Waals surface area (Å²) in [4.78, 5) is 18.8. The topological polar surface area (TPSA) is 102 Å². The Kier molecular flexibility index (Phi) is 7.48. The number of ether oxygens (including phenoxy) is 2. The number of aromatic nitrogens is 3. The summed E-state index contributed by atoms with van der Waals surface area (Å²) in [5.41, 5.74) is 2.47. The van der Waals surface area contributed by atoms with Crippen LogP contribution in [0.4, 0.5) is 10.2 Å². The molecule has 1 fully saturated rings. The van der Waals surface area contributed by atoms with Crippen LogP contribution in [-0.2, 0) is 21.5 Å². The zero-order valence-corrected chi connectivity index (χ0v) is 23.0. The molecule has 4 aromatic rings. The van der Waals surface area contributed by atoms with Gasteiger partial charge in [-0.3, -0.25) is 9.35 Å². The Morgan fingerprint density at radius 1 is 1.08 bits per heavy atom. The van der Waals surface area contributed by atoms with E-state index >= 15 is 4.39 Å². The van der Waals surface area contributed by atoms with Gasteiger partial charge in [0.1, 0.15) is 17.4 Å². The molecule has 0 aliphatic carbocycles. The average molecular weight is 572 g/mol. The Balaban J connectivity index is 1.58. The molecule has 9 nitrogen and oxygen atoms in total. The van der Waals surface area contributed by atoms with Crippen LogP contribution in [0.5, 0.6) is 5.75 Å². The Morgan fingerprint density at radius 3 is 2.38 bits per heavy atom. The molecule has 2 aromatic heterocycles. The lowest BCUT2D eigenvalue weighted by atomic mass is 9.97. The van der Waals surface area contributed by atoms with Crippen LogP contribution < -0.4 is 15.3 Å². The van der Waals surface area contributed by atoms with Crippen LogP contribution in [0.15, 0.2) is 65.8 Å². The summed E-state index contributed by atoms with van der Waals surface area (Å²) in [6, 6.07) is 11.5. The van der Waals surface area contributed by atoms with Crippen LogP contribution in [0.25, 0.3) is 27.9 Å². The molecule has 39 heavy (non-hydrogen) atoms. The molecule has 5 rings (SSSR count). The highest BCUT2D eigenvalue weighted by atomic mass is 35.5. The second-order valence-electron chi connectivity index (χ2n) is 9.22. The Morgan fingerprint density at radius 2 is 1.77 bits per heavy atom. The minimum atomic E-state index is -2.55. The fourth-order valence-corrected chi connectivity index (χ4v) is 6.04. The largest absolute Gasteiger partial charge is 0.466 e. The third-order valence-corrected chi connectivity index (χ3v) is 8.59. The van der Waals surface area contributed by atoms with Gasteiger partial charge >= 0.3 is 5.69 Å². The number of nitrogens with zero attached hydrogens (tertiary/aromatic N) is 4. The fraction of sp³-hybridized carbons (Fsp3) is 0.259. The van der Waals surface area contributed by atoms with Gasteiger partial charge in [0.25, 0.3) is 0 Å². The number of benzene rings is 2. The molecule has 2 aromatic carbocycles. The Labute approximate surface area is 230 Å². The third kappa shape index (κ3) is 5.56. The smallest absolute Gasteiger partial charge is 0.332 e. The van der Waals surface area contributed by atoms with E-state index in [0.717, 1.165) is 0 Å². The lowest BCUT2D eigenvalue weighted by Gasteiger charge is -2.29. The number of aryl methyl sites for hydroxylation is 1. The van der Waals surface area contributed by atoms with Crippen molar-refractivity contribution in [2.75, 3.05) is 43.4 Å². The quantitative estimate of drug-likeness (QED) is 0.327. The number of methoxy groups -OCH3 is 1. The van der Waals surface area contributed by atoms with Crippen LogP contribution in [0, 0.1) is 10.6 Å². The van der Waals surface area contributed by atoms with E-state index in [0.29, 0.717) is 57.6 Å². The summed E-state index contributed by atoms with van der Waals surface area (Å²) in [6.45, 7) is 0.837. The van der Waals surface area contributed by atoms with E-state index in [1.165, 1.54) is 28.4 Å². The number of imidazole rings is 1. The van der Waals surface area contributed by atoms with Gasteiger partial charge in [-0.05, 0) is 47.5 Å². The molecule has 12 heteroatoms. The van der Waals surface area contributed by atoms with Gasteiger partial charge in [-0.1, -0.05) is 17.7 Å². The maximum atomic E-state index is 15.1. The Hall–Kier alpha value is -3.67. The zero-order valence-electron chi connectivity index (χ0n) is 21.4. The molecule has 3 heterocycles. The molecular formula is C27H27ClFN5O4S. The van der Waals surface area contributed by atoms with E-state index in [-0.39, 0.29) is 24.0 Å². The van der Waals surface area contributed by atoms with Crippen molar-refractivity contribution in [1.82, 2.24) is 14.1 Å². The average Bonchev–Trinajstić information content (AvgIpc) is 3.25. The van der Waals surface area contributed by atoms with Crippen molar-refractivity contribution in [3.8, 4) is 33.7 Å². The number of pyridine rings is 1. The van der Waals surface area contributed by atoms with E-state index in [1.54, 1.807) is 49.9 Å². The van der Waals surface area contributed by atoms with Crippen molar-refractivity contribution < 1.29 is 18.1 Å². The van der Waals surface area contributed by atoms with Crippen molar-refractivity contribution in [1.29, 1.82) is 4.78 Å². The standard InChI is InChI=1S/C27H27ClFN5O4S/c1-32-7-8-34(27(32)35)24-4-3-18(13-23(24)28)21-15-20(29)16-22(26(21)38-17-37-2)19-5-6-31-25(14-19)33-9-11-39(30,36)12-10-33/h3-8,13-16,30H,9-12,17H2,1-2H3. The molecule has 204 valence electrons. The van der Waals surface area contributed by atoms with Gasteiger partial charge in [-0.15, -0.1) is 0 Å². The molecule has 1 aliphatic rings. The van der Waals surface area contributed by atoms with Gasteiger partial charge in [0.2, 0.25) is 0 Å². The van der Waals surface area contributed by atoms with Crippen LogP contribution in [0.1, 0.15) is 0 Å². The van der Waals surface area contributed by atoms with Crippen molar-refractivity contribution in [2.45, 2.75) is 0 Å². The van der Waals surface area contributed by atoms with Crippen molar-refractivity contribution >= 4 is 27.1 Å². The molecule has 0 amide bonds. The number of hydrogen-bond acceptors (Lipinski definition) is 7. The van der Waals surface area contributed by atoms with Crippen molar-refractivity contribution in [3.05, 3.63) is 82.4 Å². The lowest BCUT2D eigenvalue weighted by Crippen LogP contribution is -2.40. The highest BCUT2D eigenvalue weighted by Gasteiger charge is 2.22. The molecule has 1 saturated heterocycles. The second kappa shape index (κ2) is 10.8. The number of halogens is 2. The SMILES string of the molecule is COCOc1c(-c2ccnc(N3CCS(=N)(=O)CC3)c2)cc(F)cc1-c1ccc(-n2ccn(C)c2=O)c(Cl)c1. The van der Waals surface area contributed by atoms with Gasteiger partial charge in [-0.25, -0.2) is 18.4 Å². The molecular weight excluding hydrogens is 545 g/mol. The molecule has 0 unspecified atom stereocenters. The van der Waals surface area contributed by atoms with E-state index in [2.05, 4.69) is 4.98 Å². The molecule has 1 aliphatic heterocycles. The number of hydrogen-bond donors (Lipinski definition) is 1. The summed E-state index contributed by atoms with van der Waals surface area (Å²) < 4.78 is 49.1. The van der Waals surface area contributed by atoms with Crippen LogP contribution >= 0.6 is 11.6 Å². The minimum absolute atomic E-state index is 0.0707. The monoisotopic (exact) mass is 571 g/mol. The first kappa shape index (κ1) is 26.9. The number of rotatable bonds is 7. The van der Waals surface area contributed by atoms with Gasteiger partial charge in [-0.2, -0.15) is 0 Å². The normalized spacial score (nSPS) is 14.9. The van der Waals surface area contributed by atoms with Crippen molar-refractivity contribution in [3.63, 3.8) is 0 Å². The first-order valence-electron chi connectivity index (χ1n) is 12.1. The van der Waals surface area contributed by atoms with Gasteiger partial charge in [0.05, 0.1) is 10.7 Å². The highest BCUT2D eigenvalue weighted by molar-refractivity contribution is 7.92. The van der Waals surface area contributed by atoms with Crippen LogP contribution in [0.3, 0.4) is 0 Å². The maximum Gasteiger partial charge on any atom is 0.332 e. The molecule has 0 saturated carbocycles. The maximum absolute atomic E-state index is 15.1. The molecule has 1 N–H and O–H groups in total. The van der Waals surface area contributed by atoms with Crippen molar-refractivity contribution in [2.24, 2.45) is 7.05 Å². The first-order chi connectivity index (χ1) is 18.7. The highest BCUT2D eigenvalue weighted by Crippen LogP contribution is 2.42. The minimum Gasteiger partial charge on any atom is -0.466 e. The van der Waals surface area contributed by atoms with Gasteiger partial charge < -0.3 is 18.9 Å². The summed E-state index contributed by atoms with van der Waals surface area (Å²) in [5.74, 6) is 1.11. The number of anilines is 1. The Bertz CT molecular complexity index is 1690. The molecule has 0 radical (unpaired) electrons. The second-order valence-corrected chi connectivity index (χ2v) is 12.1. The fourth-order valence-electron chi connectivity index (χ4n) is 4.53. The summed E-state index contributed by atoms with van der Waals surface area (Å²) in [7, 11) is 0.594. The lowest BCUT2D eigenvalue weighted by molar-refractivity contribution is 0.0519. The van der Waals surface area contributed by atoms with E-state index in [1.807, 2.05) is 11.0 Å². The van der Waals surface area contributed by atoms with Crippen LogP contribution in [-0.4, -0.2) is 56.8 Å². The third-order valence-electron chi connectivity index (χ3n) is 6.60. The summed E-state index contributed by atoms with van der Waals surface area (Å²) >= 11 is 6.60. The number of nitrogens with one attached hydrogen (secondary N) is 1. The van der Waals surface area contributed by atoms with Crippen LogP contribution in [0.2, 0.25) is 5.02 Å². The van der Waals surface area contributed by atoms with E-state index in [4.69, 9.17) is 25.9 Å². The molecule has 0 atom stereocenters. The van der Waals surface area contributed by atoms with Gasteiger partial charge in [0, 0.05) is 78.2 Å². The van der Waals surface area contributed by atoms with Gasteiger partial charge in [0.15, 0.2) is 6.79 Å². The predicted molar refractivity (Wildman–Crippen MR) is 150 cm³/mol. The summed E-state index contributed by atoms with van der Waals surface area (Å²) in [5, 5.41) is 0.312. The molecule has 0 spiro atoms. The zero-order chi connectivity index (χ0) is 27.7. The van der Waals surface area contributed by atoms with E-state index < -0.39 is 15.5 Å².